The maximum absolute atomic E-state index is 12.2. The fourth-order valence-electron chi connectivity index (χ4n) is 1.74. The molecule has 136 valence electrons. The van der Waals surface area contributed by atoms with Gasteiger partial charge >= 0.3 is 20.2 Å². The lowest BCUT2D eigenvalue weighted by Crippen LogP contribution is -2.16. The van der Waals surface area contributed by atoms with Crippen LogP contribution in [0.25, 0.3) is 0 Å². The summed E-state index contributed by atoms with van der Waals surface area (Å²) < 4.78 is 83.6. The molecule has 0 heterocycles. The highest BCUT2D eigenvalue weighted by Gasteiger charge is 2.29. The molecule has 13 heteroatoms. The van der Waals surface area contributed by atoms with Crippen molar-refractivity contribution >= 4 is 41.7 Å². The van der Waals surface area contributed by atoms with Crippen molar-refractivity contribution in [2.75, 3.05) is 11.5 Å². The summed E-state index contributed by atoms with van der Waals surface area (Å²) in [5.74, 6) is 0. The highest BCUT2D eigenvalue weighted by Crippen LogP contribution is 2.27. The maximum Gasteiger partial charge on any atom is 0.313 e. The van der Waals surface area contributed by atoms with Gasteiger partial charge in [-0.05, 0) is 42.5 Å². The SMILES string of the molecule is Nc1ccc(S(=O)(=O)OS(=O)(=O)c2ccc(S(=O)(=O)O)cc2N)cc1. The van der Waals surface area contributed by atoms with E-state index in [0.29, 0.717) is 12.1 Å². The predicted molar refractivity (Wildman–Crippen MR) is 87.0 cm³/mol. The summed E-state index contributed by atoms with van der Waals surface area (Å²) in [6.45, 7) is 0. The number of hydrogen-bond acceptors (Lipinski definition) is 9. The van der Waals surface area contributed by atoms with Gasteiger partial charge in [-0.15, -0.1) is 3.63 Å². The van der Waals surface area contributed by atoms with E-state index in [1.54, 1.807) is 0 Å². The van der Waals surface area contributed by atoms with Gasteiger partial charge in [0.05, 0.1) is 15.5 Å². The van der Waals surface area contributed by atoms with E-state index >= 15 is 0 Å². The first-order chi connectivity index (χ1) is 11.3. The van der Waals surface area contributed by atoms with Crippen molar-refractivity contribution in [3.05, 3.63) is 42.5 Å². The predicted octanol–water partition coefficient (Wildman–Crippen LogP) is 0.192. The average Bonchev–Trinajstić information content (AvgIpc) is 2.45. The van der Waals surface area contributed by atoms with E-state index in [-0.39, 0.29) is 5.69 Å². The first kappa shape index (κ1) is 19.1. The van der Waals surface area contributed by atoms with Gasteiger partial charge in [-0.2, -0.15) is 25.3 Å². The van der Waals surface area contributed by atoms with Crippen molar-refractivity contribution < 1.29 is 33.4 Å². The Bertz CT molecular complexity index is 1120. The number of hydrogen-bond donors (Lipinski definition) is 3. The second kappa shape index (κ2) is 6.27. The minimum absolute atomic E-state index is 0.256. The van der Waals surface area contributed by atoms with Crippen molar-refractivity contribution in [1.29, 1.82) is 0 Å². The molecule has 25 heavy (non-hydrogen) atoms. The largest absolute Gasteiger partial charge is 0.399 e. The number of nitrogens with two attached hydrogens (primary N) is 2. The third kappa shape index (κ3) is 4.26. The summed E-state index contributed by atoms with van der Waals surface area (Å²) >= 11 is 0. The lowest BCUT2D eigenvalue weighted by Gasteiger charge is -2.09. The molecule has 0 atom stereocenters. The number of rotatable bonds is 5. The molecule has 0 aliphatic carbocycles. The van der Waals surface area contributed by atoms with Crippen molar-refractivity contribution in [2.45, 2.75) is 14.7 Å². The molecule has 0 saturated heterocycles. The fourth-order valence-corrected chi connectivity index (χ4v) is 4.86. The lowest BCUT2D eigenvalue weighted by atomic mass is 10.3. The van der Waals surface area contributed by atoms with Gasteiger partial charge in [-0.1, -0.05) is 0 Å². The molecule has 2 rings (SSSR count). The molecule has 0 spiro atoms. The Labute approximate surface area is 144 Å². The van der Waals surface area contributed by atoms with E-state index in [9.17, 15) is 25.3 Å². The summed E-state index contributed by atoms with van der Waals surface area (Å²) in [7, 11) is -14.2. The molecule has 0 saturated carbocycles. The van der Waals surface area contributed by atoms with Crippen LogP contribution in [0.1, 0.15) is 0 Å². The van der Waals surface area contributed by atoms with E-state index in [2.05, 4.69) is 3.63 Å². The van der Waals surface area contributed by atoms with Gasteiger partial charge in [0.2, 0.25) is 0 Å². The van der Waals surface area contributed by atoms with Gasteiger partial charge < -0.3 is 11.5 Å². The van der Waals surface area contributed by atoms with E-state index in [1.165, 1.54) is 12.1 Å². The van der Waals surface area contributed by atoms with Crippen LogP contribution in [-0.4, -0.2) is 29.8 Å². The zero-order valence-electron chi connectivity index (χ0n) is 12.2. The van der Waals surface area contributed by atoms with E-state index in [0.717, 1.165) is 18.2 Å². The van der Waals surface area contributed by atoms with Crippen LogP contribution in [0, 0.1) is 0 Å². The smallest absolute Gasteiger partial charge is 0.313 e. The van der Waals surface area contributed by atoms with Crippen LogP contribution < -0.4 is 11.5 Å². The van der Waals surface area contributed by atoms with Crippen molar-refractivity contribution in [1.82, 2.24) is 0 Å². The molecule has 2 aromatic carbocycles. The summed E-state index contributed by atoms with van der Waals surface area (Å²) in [4.78, 5) is -1.90. The number of nitrogen functional groups attached to an aromatic ring is 2. The fraction of sp³-hybridized carbons (Fsp3) is 0. The standard InChI is InChI=1S/C12H12N2O8S3/c13-8-1-3-9(4-2-8)24(18,19)22-25(20,21)12-6-5-10(7-11(12)14)23(15,16)17/h1-7H,13-14H2,(H,15,16,17). The van der Waals surface area contributed by atoms with Gasteiger partial charge in [-0.3, -0.25) is 4.55 Å². The Hall–Kier alpha value is -2.19. The molecule has 5 N–H and O–H groups in total. The molecule has 0 aliphatic rings. The second-order valence-corrected chi connectivity index (χ2v) is 9.41. The minimum Gasteiger partial charge on any atom is -0.399 e. The van der Waals surface area contributed by atoms with Crippen molar-refractivity contribution in [3.8, 4) is 0 Å². The van der Waals surface area contributed by atoms with Crippen LogP contribution in [-0.2, 0) is 34.0 Å². The quantitative estimate of drug-likeness (QED) is 0.456. The first-order valence-corrected chi connectivity index (χ1v) is 10.5. The van der Waals surface area contributed by atoms with Gasteiger partial charge in [0.15, 0.2) is 0 Å². The van der Waals surface area contributed by atoms with Gasteiger partial charge in [0.25, 0.3) is 10.1 Å². The Morgan fingerprint density at radius 2 is 1.28 bits per heavy atom. The molecular weight excluding hydrogens is 396 g/mol. The maximum atomic E-state index is 12.2. The molecule has 10 nitrogen and oxygen atoms in total. The summed E-state index contributed by atoms with van der Waals surface area (Å²) in [5, 5.41) is 0. The summed E-state index contributed by atoms with van der Waals surface area (Å²) in [5.41, 5.74) is 10.5. The van der Waals surface area contributed by atoms with Crippen LogP contribution in [0.15, 0.2) is 57.2 Å². The molecule has 0 bridgehead atoms. The Morgan fingerprint density at radius 3 is 1.76 bits per heavy atom. The number of benzene rings is 2. The summed E-state index contributed by atoms with van der Waals surface area (Å²) in [6, 6.07) is 6.65. The normalized spacial score (nSPS) is 12.8. The van der Waals surface area contributed by atoms with Crippen LogP contribution >= 0.6 is 0 Å². The molecule has 0 unspecified atom stereocenters. The zero-order chi connectivity index (χ0) is 19.0. The van der Waals surface area contributed by atoms with E-state index < -0.39 is 50.7 Å². The second-order valence-electron chi connectivity index (χ2n) is 4.72. The molecular formula is C12H12N2O8S3. The van der Waals surface area contributed by atoms with E-state index in [1.807, 2.05) is 0 Å². The first-order valence-electron chi connectivity index (χ1n) is 6.27. The highest BCUT2D eigenvalue weighted by molar-refractivity contribution is 8.00. The van der Waals surface area contributed by atoms with Crippen LogP contribution in [0.4, 0.5) is 11.4 Å². The van der Waals surface area contributed by atoms with E-state index in [4.69, 9.17) is 16.0 Å². The monoisotopic (exact) mass is 408 g/mol. The highest BCUT2D eigenvalue weighted by atomic mass is 32.3. The Balaban J connectivity index is 2.44. The zero-order valence-corrected chi connectivity index (χ0v) is 14.7. The molecule has 0 aromatic heterocycles. The average molecular weight is 408 g/mol. The molecule has 0 radical (unpaired) electrons. The van der Waals surface area contributed by atoms with Gasteiger partial charge in [0.1, 0.15) is 4.90 Å². The van der Waals surface area contributed by atoms with Crippen LogP contribution in [0.3, 0.4) is 0 Å². The lowest BCUT2D eigenvalue weighted by molar-refractivity contribution is 0.461. The van der Waals surface area contributed by atoms with Gasteiger partial charge in [0, 0.05) is 5.69 Å². The Kier molecular flexibility index (Phi) is 4.80. The third-order valence-corrected chi connectivity index (χ3v) is 6.94. The summed E-state index contributed by atoms with van der Waals surface area (Å²) in [6.07, 6.45) is 0. The van der Waals surface area contributed by atoms with Crippen LogP contribution in [0.2, 0.25) is 0 Å². The minimum atomic E-state index is -4.89. The van der Waals surface area contributed by atoms with Gasteiger partial charge in [-0.25, -0.2) is 0 Å². The number of anilines is 2. The topological polar surface area (TPSA) is 184 Å². The molecule has 0 aliphatic heterocycles. The molecule has 0 fully saturated rings. The van der Waals surface area contributed by atoms with Crippen molar-refractivity contribution in [3.63, 3.8) is 0 Å². The van der Waals surface area contributed by atoms with Crippen molar-refractivity contribution in [2.24, 2.45) is 0 Å². The molecule has 2 aromatic rings. The Morgan fingerprint density at radius 1 is 0.760 bits per heavy atom. The third-order valence-electron chi connectivity index (χ3n) is 2.90. The van der Waals surface area contributed by atoms with Crippen LogP contribution in [0.5, 0.6) is 0 Å². The molecule has 0 amide bonds.